The van der Waals surface area contributed by atoms with E-state index < -0.39 is 11.2 Å². The molecule has 4 heterocycles. The van der Waals surface area contributed by atoms with Gasteiger partial charge in [0.25, 0.3) is 5.91 Å². The molecule has 12 nitrogen and oxygen atoms in total. The first-order valence-corrected chi connectivity index (χ1v) is 16.4. The second-order valence-corrected chi connectivity index (χ2v) is 14.5. The van der Waals surface area contributed by atoms with Crippen LogP contribution in [-0.2, 0) is 10.3 Å². The first kappa shape index (κ1) is 32.5. The Kier molecular flexibility index (Phi) is 8.48. The zero-order valence-electron chi connectivity index (χ0n) is 28.0. The van der Waals surface area contributed by atoms with E-state index in [-0.39, 0.29) is 24.1 Å². The lowest BCUT2D eigenvalue weighted by molar-refractivity contribution is -0.00733. The lowest BCUT2D eigenvalue weighted by atomic mass is 9.89. The Morgan fingerprint density at radius 3 is 2.43 bits per heavy atom. The lowest BCUT2D eigenvalue weighted by Crippen LogP contribution is -2.57. The summed E-state index contributed by atoms with van der Waals surface area (Å²) in [5, 5.41) is 33.3. The van der Waals surface area contributed by atoms with Crippen molar-refractivity contribution in [3.63, 3.8) is 0 Å². The van der Waals surface area contributed by atoms with Gasteiger partial charge >= 0.3 is 6.09 Å². The Labute approximate surface area is 274 Å². The number of anilines is 1. The van der Waals surface area contributed by atoms with Crippen LogP contribution in [0.25, 0.3) is 16.4 Å². The summed E-state index contributed by atoms with van der Waals surface area (Å²) >= 11 is 0. The molecule has 1 saturated heterocycles. The molecule has 2 aliphatic rings. The number of carbonyl (C=O) groups excluding carboxylic acids is 2. The molecule has 4 aromatic rings. The molecule has 0 unspecified atom stereocenters. The number of aromatic nitrogens is 4. The Hall–Kier alpha value is -4.47. The Balaban J connectivity index is 1.15. The molecule has 3 aromatic heterocycles. The molecule has 1 atom stereocenters. The molecule has 12 heteroatoms. The van der Waals surface area contributed by atoms with E-state index in [0.29, 0.717) is 47.2 Å². The molecule has 1 saturated carbocycles. The van der Waals surface area contributed by atoms with Crippen molar-refractivity contribution in [3.05, 3.63) is 59.5 Å². The van der Waals surface area contributed by atoms with E-state index >= 15 is 0 Å². The van der Waals surface area contributed by atoms with Gasteiger partial charge in [0, 0.05) is 54.6 Å². The fourth-order valence-corrected chi connectivity index (χ4v) is 6.97. The Morgan fingerprint density at radius 1 is 1.04 bits per heavy atom. The van der Waals surface area contributed by atoms with Gasteiger partial charge in [-0.3, -0.25) is 14.4 Å². The Bertz CT molecular complexity index is 1850. The number of hydrogen-bond acceptors (Lipinski definition) is 8. The fraction of sp³-hybridized carbons (Fsp3) is 0.514. The average Bonchev–Trinajstić information content (AvgIpc) is 3.63. The van der Waals surface area contributed by atoms with Crippen molar-refractivity contribution in [2.24, 2.45) is 0 Å². The van der Waals surface area contributed by atoms with Crippen LogP contribution in [0.3, 0.4) is 0 Å². The van der Waals surface area contributed by atoms with E-state index in [9.17, 15) is 20.0 Å². The number of rotatable bonds is 5. The molecule has 0 bridgehead atoms. The van der Waals surface area contributed by atoms with Crippen LogP contribution < -0.4 is 5.32 Å². The number of ether oxygens (including phenoxy) is 1. The molecular formula is C35H44N8O4. The number of piperazine rings is 1. The maximum Gasteiger partial charge on any atom is 0.410 e. The van der Waals surface area contributed by atoms with Crippen molar-refractivity contribution >= 4 is 34.1 Å². The maximum atomic E-state index is 13.4. The first-order chi connectivity index (χ1) is 22.2. The highest BCUT2D eigenvalue weighted by Gasteiger charge is 2.35. The van der Waals surface area contributed by atoms with Crippen LogP contribution in [0.4, 0.5) is 10.5 Å². The summed E-state index contributed by atoms with van der Waals surface area (Å²) in [4.78, 5) is 30.4. The minimum absolute atomic E-state index is 0.237. The lowest BCUT2D eigenvalue weighted by Gasteiger charge is -2.45. The molecule has 248 valence electrons. The molecule has 1 aliphatic carbocycles. The highest BCUT2D eigenvalue weighted by Crippen LogP contribution is 2.36. The standard InChI is InChI=1S/C35H44N8O4/c1-22-20-40(33(45)47-34(2,3)4)13-14-41(22)25-7-9-26(10-8-25)42-21-24-16-30(28(35(5,6)46)17-29(24)39-42)38-32(44)31-12-11-27-15-23(18-36)19-37-43(27)31/h11-12,15-17,19,21-22,25-26,46H,7-10,13-14,20H2,1-6H3,(H,38,44)/t22-,25?,26?/m0/s1. The average molecular weight is 641 g/mol. The van der Waals surface area contributed by atoms with Crippen LogP contribution in [-0.4, -0.2) is 83.6 Å². The molecule has 1 aliphatic heterocycles. The van der Waals surface area contributed by atoms with Gasteiger partial charge in [-0.1, -0.05) is 0 Å². The van der Waals surface area contributed by atoms with Crippen LogP contribution in [0.15, 0.2) is 42.7 Å². The van der Waals surface area contributed by atoms with Crippen molar-refractivity contribution in [1.82, 2.24) is 29.2 Å². The van der Waals surface area contributed by atoms with Gasteiger partial charge in [-0.15, -0.1) is 0 Å². The van der Waals surface area contributed by atoms with Crippen molar-refractivity contribution in [2.45, 2.75) is 96.6 Å². The molecule has 0 radical (unpaired) electrons. The fourth-order valence-electron chi connectivity index (χ4n) is 6.97. The SMILES string of the molecule is C[C@H]1CN(C(=O)OC(C)(C)C)CCN1C1CCC(n2cc3cc(NC(=O)c4ccc5cc(C#N)cnn45)c(C(C)(C)O)cc3n2)CC1. The van der Waals surface area contributed by atoms with Gasteiger partial charge in [-0.2, -0.15) is 15.5 Å². The predicted octanol–water partition coefficient (Wildman–Crippen LogP) is 5.46. The third kappa shape index (κ3) is 6.82. The van der Waals surface area contributed by atoms with Crippen molar-refractivity contribution in [3.8, 4) is 6.07 Å². The predicted molar refractivity (Wildman–Crippen MR) is 178 cm³/mol. The maximum absolute atomic E-state index is 13.4. The quantitative estimate of drug-likeness (QED) is 0.293. The topological polar surface area (TPSA) is 141 Å². The molecule has 0 spiro atoms. The molecule has 2 N–H and O–H groups in total. The summed E-state index contributed by atoms with van der Waals surface area (Å²) < 4.78 is 9.14. The summed E-state index contributed by atoms with van der Waals surface area (Å²) in [5.74, 6) is -0.376. The van der Waals surface area contributed by atoms with Crippen LogP contribution in [0.5, 0.6) is 0 Å². The van der Waals surface area contributed by atoms with Crippen LogP contribution in [0.2, 0.25) is 0 Å². The smallest absolute Gasteiger partial charge is 0.410 e. The van der Waals surface area contributed by atoms with Gasteiger partial charge < -0.3 is 20.1 Å². The van der Waals surface area contributed by atoms with Gasteiger partial charge in [0.1, 0.15) is 17.4 Å². The van der Waals surface area contributed by atoms with Gasteiger partial charge in [-0.25, -0.2) is 9.31 Å². The Morgan fingerprint density at radius 2 is 1.77 bits per heavy atom. The molecule has 2 fully saturated rings. The normalized spacial score (nSPS) is 21.1. The van der Waals surface area contributed by atoms with Crippen molar-refractivity contribution in [1.29, 1.82) is 5.26 Å². The number of nitrogens with one attached hydrogen (secondary N) is 1. The van der Waals surface area contributed by atoms with E-state index in [1.807, 2.05) is 48.7 Å². The van der Waals surface area contributed by atoms with Gasteiger partial charge in [-0.05, 0) is 97.6 Å². The van der Waals surface area contributed by atoms with Gasteiger partial charge in [0.05, 0.1) is 34.4 Å². The van der Waals surface area contributed by atoms with Crippen LogP contribution in [0.1, 0.15) is 94.9 Å². The summed E-state index contributed by atoms with van der Waals surface area (Å²) in [5.41, 5.74) is 1.46. The summed E-state index contributed by atoms with van der Waals surface area (Å²) in [7, 11) is 0. The van der Waals surface area contributed by atoms with Gasteiger partial charge in [0.2, 0.25) is 0 Å². The third-order valence-corrected chi connectivity index (χ3v) is 9.27. The van der Waals surface area contributed by atoms with E-state index in [2.05, 4.69) is 28.3 Å². The number of nitriles is 1. The third-order valence-electron chi connectivity index (χ3n) is 9.27. The minimum atomic E-state index is -1.23. The number of amides is 2. The van der Waals surface area contributed by atoms with Gasteiger partial charge in [0.15, 0.2) is 0 Å². The zero-order chi connectivity index (χ0) is 33.7. The highest BCUT2D eigenvalue weighted by atomic mass is 16.6. The second-order valence-electron chi connectivity index (χ2n) is 14.5. The molecule has 1 aromatic carbocycles. The first-order valence-electron chi connectivity index (χ1n) is 16.4. The number of fused-ring (bicyclic) bond motifs is 2. The monoisotopic (exact) mass is 640 g/mol. The summed E-state index contributed by atoms with van der Waals surface area (Å²) in [6.45, 7) is 13.4. The minimum Gasteiger partial charge on any atom is -0.444 e. The van der Waals surface area contributed by atoms with Crippen LogP contribution in [0, 0.1) is 11.3 Å². The number of benzene rings is 1. The number of nitrogens with zero attached hydrogens (tertiary/aromatic N) is 7. The largest absolute Gasteiger partial charge is 0.444 e. The molecule has 6 rings (SSSR count). The number of carbonyl (C=O) groups is 2. The van der Waals surface area contributed by atoms with E-state index in [4.69, 9.17) is 9.84 Å². The highest BCUT2D eigenvalue weighted by molar-refractivity contribution is 6.05. The molecule has 47 heavy (non-hydrogen) atoms. The number of hydrogen-bond donors (Lipinski definition) is 2. The summed E-state index contributed by atoms with van der Waals surface area (Å²) in [6, 6.07) is 11.8. The van der Waals surface area contributed by atoms with E-state index in [0.717, 1.165) is 43.1 Å². The van der Waals surface area contributed by atoms with Crippen molar-refractivity contribution < 1.29 is 19.4 Å². The second kappa shape index (κ2) is 12.3. The van der Waals surface area contributed by atoms with Crippen LogP contribution >= 0.6 is 0 Å². The van der Waals surface area contributed by atoms with E-state index in [1.54, 1.807) is 32.0 Å². The summed E-state index contributed by atoms with van der Waals surface area (Å²) in [6.07, 6.45) is 7.28. The van der Waals surface area contributed by atoms with Crippen molar-refractivity contribution in [2.75, 3.05) is 25.0 Å². The molecular weight excluding hydrogens is 596 g/mol. The number of aliphatic hydroxyl groups is 1. The van der Waals surface area contributed by atoms with E-state index in [1.165, 1.54) is 10.7 Å². The molecule has 2 amide bonds. The zero-order valence-corrected chi connectivity index (χ0v) is 28.0.